The topological polar surface area (TPSA) is 169 Å². The Bertz CT molecular complexity index is 1390. The zero-order valence-electron chi connectivity index (χ0n) is 16.5. The Hall–Kier alpha value is -1.97. The molecule has 0 radical (unpaired) electrons. The second kappa shape index (κ2) is 9.49. The number of nitrogens with two attached hydrogens (primary N) is 2. The van der Waals surface area contributed by atoms with Crippen LogP contribution in [-0.2, 0) is 26.4 Å². The number of amidine groups is 1. The molecule has 0 aliphatic rings. The summed E-state index contributed by atoms with van der Waals surface area (Å²) >= 11 is 5.76. The third-order valence-electron chi connectivity index (χ3n) is 4.24. The van der Waals surface area contributed by atoms with Crippen LogP contribution < -0.4 is 16.2 Å². The molecule has 3 rings (SSSR count). The van der Waals surface area contributed by atoms with Gasteiger partial charge in [-0.15, -0.1) is 23.1 Å². The number of thiophene rings is 1. The molecule has 0 bridgehead atoms. The van der Waals surface area contributed by atoms with Crippen molar-refractivity contribution < 1.29 is 16.8 Å². The number of aromatic nitrogens is 1. The van der Waals surface area contributed by atoms with Gasteiger partial charge in [-0.3, -0.25) is 5.41 Å². The van der Waals surface area contributed by atoms with Crippen molar-refractivity contribution in [3.63, 3.8) is 0 Å². The number of benzene rings is 1. The van der Waals surface area contributed by atoms with E-state index in [4.69, 9.17) is 16.3 Å². The van der Waals surface area contributed by atoms with Gasteiger partial charge in [0.1, 0.15) is 11.7 Å². The highest BCUT2D eigenvalue weighted by molar-refractivity contribution is 9.10. The van der Waals surface area contributed by atoms with Crippen LogP contribution in [-0.4, -0.2) is 33.9 Å². The van der Waals surface area contributed by atoms with E-state index in [-0.39, 0.29) is 20.5 Å². The monoisotopic (exact) mass is 575 g/mol. The second-order valence-electron chi connectivity index (χ2n) is 6.43. The van der Waals surface area contributed by atoms with Crippen LogP contribution in [0.3, 0.4) is 0 Å². The highest BCUT2D eigenvalue weighted by Gasteiger charge is 2.26. The Labute approximate surface area is 202 Å². The number of halogens is 1. The van der Waals surface area contributed by atoms with Crippen molar-refractivity contribution in [3.05, 3.63) is 57.5 Å². The number of nitrogen functional groups attached to an aromatic ring is 1. The Morgan fingerprint density at radius 2 is 1.84 bits per heavy atom. The Morgan fingerprint density at radius 1 is 1.19 bits per heavy atom. The van der Waals surface area contributed by atoms with E-state index in [1.165, 1.54) is 42.2 Å². The second-order valence-corrected chi connectivity index (χ2v) is 12.9. The fourth-order valence-electron chi connectivity index (χ4n) is 2.63. The summed E-state index contributed by atoms with van der Waals surface area (Å²) in [5.74, 6) is 0.224. The Balaban J connectivity index is 1.82. The lowest BCUT2D eigenvalue weighted by Crippen LogP contribution is -2.12. The van der Waals surface area contributed by atoms with Gasteiger partial charge in [0.25, 0.3) is 0 Å². The number of primary sulfonamides is 1. The lowest BCUT2D eigenvalue weighted by molar-refractivity contribution is 0.593. The standard InChI is InChI=1S/C18H18BrN5O4S4/c1-29-18-15(7-14(30-18)16(20)21)31(25,26)12-6-13(19)17(24-9-12)23-8-10-2-4-11(5-3-10)32(22,27)28/h2-7,9H,8H2,1H3,(H3,20,21)(H,23,24)(H2,22,27,28). The van der Waals surface area contributed by atoms with Gasteiger partial charge in [0.2, 0.25) is 19.9 Å². The van der Waals surface area contributed by atoms with Crippen molar-refractivity contribution in [1.82, 2.24) is 4.98 Å². The van der Waals surface area contributed by atoms with Crippen LogP contribution >= 0.6 is 39.0 Å². The summed E-state index contributed by atoms with van der Waals surface area (Å²) in [6.45, 7) is 0.325. The van der Waals surface area contributed by atoms with Crippen LogP contribution in [0.1, 0.15) is 10.4 Å². The molecular formula is C18H18BrN5O4S4. The number of thioether (sulfide) groups is 1. The largest absolute Gasteiger partial charge is 0.383 e. The van der Waals surface area contributed by atoms with Crippen molar-refractivity contribution in [3.8, 4) is 0 Å². The van der Waals surface area contributed by atoms with Gasteiger partial charge in [0.15, 0.2) is 0 Å². The van der Waals surface area contributed by atoms with Gasteiger partial charge < -0.3 is 11.1 Å². The predicted molar refractivity (Wildman–Crippen MR) is 130 cm³/mol. The van der Waals surface area contributed by atoms with Gasteiger partial charge in [-0.2, -0.15) is 0 Å². The minimum absolute atomic E-state index is 0.00404. The van der Waals surface area contributed by atoms with Gasteiger partial charge in [-0.05, 0) is 52.0 Å². The molecule has 0 atom stereocenters. The van der Waals surface area contributed by atoms with Crippen LogP contribution in [0, 0.1) is 5.41 Å². The minimum Gasteiger partial charge on any atom is -0.383 e. The zero-order chi connectivity index (χ0) is 23.7. The van der Waals surface area contributed by atoms with Gasteiger partial charge >= 0.3 is 0 Å². The molecule has 0 saturated heterocycles. The third kappa shape index (κ3) is 5.32. The Morgan fingerprint density at radius 3 is 2.38 bits per heavy atom. The first kappa shape index (κ1) is 24.7. The molecule has 14 heteroatoms. The van der Waals surface area contributed by atoms with Gasteiger partial charge in [0.05, 0.1) is 28.2 Å². The molecule has 0 unspecified atom stereocenters. The van der Waals surface area contributed by atoms with Crippen molar-refractivity contribution >= 4 is 70.5 Å². The average Bonchev–Trinajstić information content (AvgIpc) is 3.18. The van der Waals surface area contributed by atoms with Gasteiger partial charge in [-0.25, -0.2) is 27.0 Å². The normalized spacial score (nSPS) is 12.0. The average molecular weight is 577 g/mol. The van der Waals surface area contributed by atoms with Crippen LogP contribution in [0.25, 0.3) is 0 Å². The molecule has 0 spiro atoms. The number of hydrogen-bond donors (Lipinski definition) is 4. The van der Waals surface area contributed by atoms with Crippen LogP contribution in [0.5, 0.6) is 0 Å². The summed E-state index contributed by atoms with van der Waals surface area (Å²) in [6.07, 6.45) is 3.01. The first-order chi connectivity index (χ1) is 14.9. The van der Waals surface area contributed by atoms with E-state index in [0.717, 1.165) is 16.9 Å². The molecule has 0 saturated carbocycles. The molecule has 0 aliphatic carbocycles. The maximum Gasteiger partial charge on any atom is 0.238 e. The highest BCUT2D eigenvalue weighted by Crippen LogP contribution is 2.37. The smallest absolute Gasteiger partial charge is 0.238 e. The molecule has 6 N–H and O–H groups in total. The Kier molecular flexibility index (Phi) is 7.31. The number of nitrogens with one attached hydrogen (secondary N) is 2. The van der Waals surface area contributed by atoms with Crippen molar-refractivity contribution in [1.29, 1.82) is 5.41 Å². The number of anilines is 1. The molecular weight excluding hydrogens is 558 g/mol. The first-order valence-electron chi connectivity index (χ1n) is 8.72. The van der Waals surface area contributed by atoms with Crippen LogP contribution in [0.4, 0.5) is 5.82 Å². The number of sulfone groups is 1. The zero-order valence-corrected chi connectivity index (χ0v) is 21.3. The molecule has 9 nitrogen and oxygen atoms in total. The van der Waals surface area contributed by atoms with Crippen LogP contribution in [0.15, 0.2) is 66.0 Å². The SMILES string of the molecule is CSc1sc(C(=N)N)cc1S(=O)(=O)c1cnc(NCc2ccc(S(N)(=O)=O)cc2)c(Br)c1. The third-order valence-corrected chi connectivity index (χ3v) is 10.1. The molecule has 170 valence electrons. The number of rotatable bonds is 8. The number of hydrogen-bond acceptors (Lipinski definition) is 9. The van der Waals surface area contributed by atoms with E-state index in [0.29, 0.717) is 25.9 Å². The van der Waals surface area contributed by atoms with E-state index >= 15 is 0 Å². The van der Waals surface area contributed by atoms with E-state index in [1.54, 1.807) is 18.4 Å². The summed E-state index contributed by atoms with van der Waals surface area (Å²) in [5, 5.41) is 15.7. The molecule has 0 aliphatic heterocycles. The summed E-state index contributed by atoms with van der Waals surface area (Å²) in [7, 11) is -7.63. The maximum absolute atomic E-state index is 13.1. The highest BCUT2D eigenvalue weighted by atomic mass is 79.9. The van der Waals surface area contributed by atoms with Crippen LogP contribution in [0.2, 0.25) is 0 Å². The molecule has 2 aromatic heterocycles. The lowest BCUT2D eigenvalue weighted by atomic mass is 10.2. The number of nitrogens with zero attached hydrogens (tertiary/aromatic N) is 1. The predicted octanol–water partition coefficient (Wildman–Crippen LogP) is 3.00. The van der Waals surface area contributed by atoms with E-state index < -0.39 is 19.9 Å². The molecule has 3 aromatic rings. The van der Waals surface area contributed by atoms with Gasteiger partial charge in [-0.1, -0.05) is 12.1 Å². The lowest BCUT2D eigenvalue weighted by Gasteiger charge is -2.10. The summed E-state index contributed by atoms with van der Waals surface area (Å²) in [6, 6.07) is 8.90. The van der Waals surface area contributed by atoms with Crippen molar-refractivity contribution in [2.24, 2.45) is 10.9 Å². The maximum atomic E-state index is 13.1. The van der Waals surface area contributed by atoms with Crippen molar-refractivity contribution in [2.45, 2.75) is 25.4 Å². The van der Waals surface area contributed by atoms with Crippen molar-refractivity contribution in [2.75, 3.05) is 11.6 Å². The number of pyridine rings is 1. The first-order valence-corrected chi connectivity index (χ1v) is 14.6. The minimum atomic E-state index is -3.87. The quantitative estimate of drug-likeness (QED) is 0.180. The fraction of sp³-hybridized carbons (Fsp3) is 0.111. The van der Waals surface area contributed by atoms with E-state index in [9.17, 15) is 16.8 Å². The summed E-state index contributed by atoms with van der Waals surface area (Å²) in [4.78, 5) is 4.70. The molecule has 0 fully saturated rings. The van der Waals surface area contributed by atoms with Gasteiger partial charge in [0, 0.05) is 12.7 Å². The van der Waals surface area contributed by atoms with E-state index in [1.807, 2.05) is 0 Å². The fourth-order valence-corrected chi connectivity index (χ4v) is 7.61. The molecule has 32 heavy (non-hydrogen) atoms. The molecule has 1 aromatic carbocycles. The number of sulfonamides is 1. The summed E-state index contributed by atoms with van der Waals surface area (Å²) in [5.41, 5.74) is 6.29. The molecule has 0 amide bonds. The molecule has 2 heterocycles. The summed E-state index contributed by atoms with van der Waals surface area (Å²) < 4.78 is 49.9. The van der Waals surface area contributed by atoms with E-state index in [2.05, 4.69) is 26.2 Å².